The lowest BCUT2D eigenvalue weighted by atomic mass is 9.75. The fourth-order valence-corrected chi connectivity index (χ4v) is 1.89. The molecule has 0 atom stereocenters. The second kappa shape index (κ2) is 4.88. The summed E-state index contributed by atoms with van der Waals surface area (Å²) in [4.78, 5) is 4.28. The van der Waals surface area contributed by atoms with E-state index in [-0.39, 0.29) is 0 Å². The van der Waals surface area contributed by atoms with Crippen molar-refractivity contribution in [2.45, 2.75) is 38.9 Å². The molecule has 0 saturated heterocycles. The number of aliphatic hydroxyl groups is 1. The van der Waals surface area contributed by atoms with Gasteiger partial charge in [-0.25, -0.2) is 4.98 Å². The highest BCUT2D eigenvalue weighted by molar-refractivity contribution is 6.63. The van der Waals surface area contributed by atoms with Gasteiger partial charge in [-0.1, -0.05) is 0 Å². The average molecular weight is 276 g/mol. The molecule has 108 valence electrons. The number of aryl methyl sites for hydroxylation is 1. The summed E-state index contributed by atoms with van der Waals surface area (Å²) < 4.78 is 7.56. The molecular weight excluding hydrogens is 255 g/mol. The molecular formula is C14H21BN2O3. The van der Waals surface area contributed by atoms with Crippen LogP contribution in [-0.4, -0.2) is 38.0 Å². The van der Waals surface area contributed by atoms with Gasteiger partial charge in [-0.15, -0.1) is 0 Å². The number of pyridine rings is 1. The molecule has 0 aliphatic carbocycles. The van der Waals surface area contributed by atoms with E-state index in [9.17, 15) is 10.1 Å². The highest BCUT2D eigenvalue weighted by atomic mass is 16.5. The van der Waals surface area contributed by atoms with Gasteiger partial charge in [0.25, 0.3) is 0 Å². The van der Waals surface area contributed by atoms with E-state index >= 15 is 0 Å². The SMILES string of the molecule is Cn1ccc2c(B(O)OC(C)(C)C(C)(C)O)ccnc21. The van der Waals surface area contributed by atoms with Crippen molar-refractivity contribution >= 4 is 23.6 Å². The Labute approximate surface area is 119 Å². The molecule has 0 bridgehead atoms. The van der Waals surface area contributed by atoms with Gasteiger partial charge in [0.15, 0.2) is 0 Å². The van der Waals surface area contributed by atoms with E-state index in [4.69, 9.17) is 4.65 Å². The van der Waals surface area contributed by atoms with Gasteiger partial charge in [-0.05, 0) is 45.3 Å². The normalized spacial score (nSPS) is 12.9. The maximum absolute atomic E-state index is 10.4. The minimum Gasteiger partial charge on any atom is -0.423 e. The summed E-state index contributed by atoms with van der Waals surface area (Å²) >= 11 is 0. The van der Waals surface area contributed by atoms with Gasteiger partial charge in [0.2, 0.25) is 0 Å². The second-order valence-corrected chi connectivity index (χ2v) is 6.10. The fourth-order valence-electron chi connectivity index (χ4n) is 1.89. The minimum atomic E-state index is -1.12. The lowest BCUT2D eigenvalue weighted by Gasteiger charge is -2.38. The van der Waals surface area contributed by atoms with Crippen molar-refractivity contribution in [1.29, 1.82) is 0 Å². The topological polar surface area (TPSA) is 67.5 Å². The summed E-state index contributed by atoms with van der Waals surface area (Å²) in [6, 6.07) is 3.62. The first-order chi connectivity index (χ1) is 9.13. The summed E-state index contributed by atoms with van der Waals surface area (Å²) in [7, 11) is 0.775. The third-order valence-electron chi connectivity index (χ3n) is 3.95. The maximum Gasteiger partial charge on any atom is 0.492 e. The molecule has 0 aliphatic heterocycles. The van der Waals surface area contributed by atoms with Gasteiger partial charge in [0.1, 0.15) is 5.65 Å². The molecule has 20 heavy (non-hydrogen) atoms. The molecule has 2 aromatic rings. The van der Waals surface area contributed by atoms with Crippen molar-refractivity contribution in [1.82, 2.24) is 9.55 Å². The van der Waals surface area contributed by atoms with Crippen molar-refractivity contribution in [3.8, 4) is 0 Å². The first kappa shape index (κ1) is 15.0. The van der Waals surface area contributed by atoms with Crippen LogP contribution in [0.15, 0.2) is 24.5 Å². The molecule has 5 nitrogen and oxygen atoms in total. The molecule has 2 rings (SSSR count). The van der Waals surface area contributed by atoms with Crippen LogP contribution in [0.5, 0.6) is 0 Å². The van der Waals surface area contributed by atoms with Gasteiger partial charge >= 0.3 is 7.12 Å². The lowest BCUT2D eigenvalue weighted by Crippen LogP contribution is -2.53. The highest BCUT2D eigenvalue weighted by Gasteiger charge is 2.39. The van der Waals surface area contributed by atoms with Crippen molar-refractivity contribution in [3.63, 3.8) is 0 Å². The van der Waals surface area contributed by atoms with Crippen molar-refractivity contribution in [2.75, 3.05) is 0 Å². The lowest BCUT2D eigenvalue weighted by molar-refractivity contribution is -0.0982. The van der Waals surface area contributed by atoms with E-state index < -0.39 is 18.3 Å². The molecule has 2 N–H and O–H groups in total. The largest absolute Gasteiger partial charge is 0.492 e. The van der Waals surface area contributed by atoms with E-state index in [1.807, 2.05) is 23.9 Å². The number of aromatic nitrogens is 2. The predicted molar refractivity (Wildman–Crippen MR) is 79.8 cm³/mol. The van der Waals surface area contributed by atoms with E-state index in [1.54, 1.807) is 40.0 Å². The molecule has 0 aliphatic rings. The van der Waals surface area contributed by atoms with Crippen molar-refractivity contribution in [3.05, 3.63) is 24.5 Å². The molecule has 0 saturated carbocycles. The average Bonchev–Trinajstić information content (AvgIpc) is 2.69. The number of hydrogen-bond donors (Lipinski definition) is 2. The quantitative estimate of drug-likeness (QED) is 0.812. The molecule has 0 fully saturated rings. The first-order valence-electron chi connectivity index (χ1n) is 6.62. The van der Waals surface area contributed by atoms with Crippen LogP contribution < -0.4 is 5.46 Å². The summed E-state index contributed by atoms with van der Waals surface area (Å²) in [6.07, 6.45) is 3.52. The highest BCUT2D eigenvalue weighted by Crippen LogP contribution is 2.25. The second-order valence-electron chi connectivity index (χ2n) is 6.10. The summed E-state index contributed by atoms with van der Waals surface area (Å²) in [5.41, 5.74) is -0.535. The zero-order valence-corrected chi connectivity index (χ0v) is 12.6. The number of rotatable bonds is 4. The Balaban J connectivity index is 2.35. The van der Waals surface area contributed by atoms with Crippen LogP contribution in [0.1, 0.15) is 27.7 Å². The summed E-state index contributed by atoms with van der Waals surface area (Å²) in [5, 5.41) is 21.3. The van der Waals surface area contributed by atoms with Crippen LogP contribution in [-0.2, 0) is 11.7 Å². The van der Waals surface area contributed by atoms with E-state index in [0.717, 1.165) is 11.0 Å². The Bertz CT molecular complexity index is 616. The molecule has 2 heterocycles. The molecule has 0 aromatic carbocycles. The van der Waals surface area contributed by atoms with Crippen LogP contribution >= 0.6 is 0 Å². The van der Waals surface area contributed by atoms with Gasteiger partial charge < -0.3 is 19.4 Å². The van der Waals surface area contributed by atoms with Crippen LogP contribution in [0.25, 0.3) is 11.0 Å². The van der Waals surface area contributed by atoms with Gasteiger partial charge in [-0.2, -0.15) is 0 Å². The monoisotopic (exact) mass is 276 g/mol. The van der Waals surface area contributed by atoms with Gasteiger partial charge in [0, 0.05) is 24.8 Å². The Morgan fingerprint density at radius 1 is 1.25 bits per heavy atom. The smallest absolute Gasteiger partial charge is 0.423 e. The number of fused-ring (bicyclic) bond motifs is 1. The van der Waals surface area contributed by atoms with Crippen LogP contribution in [0, 0.1) is 0 Å². The van der Waals surface area contributed by atoms with E-state index in [0.29, 0.717) is 5.46 Å². The minimum absolute atomic E-state index is 0.646. The summed E-state index contributed by atoms with van der Waals surface area (Å²) in [5.74, 6) is 0. The van der Waals surface area contributed by atoms with Crippen molar-refractivity contribution < 1.29 is 14.8 Å². The molecule has 0 spiro atoms. The third kappa shape index (κ3) is 2.59. The van der Waals surface area contributed by atoms with Crippen LogP contribution in [0.2, 0.25) is 0 Å². The standard InChI is InChI=1S/C14H21BN2O3/c1-13(2,18)14(3,4)20-15(19)11-6-8-16-12-10(11)7-9-17(12)5/h6-9,18-19H,1-5H3. The summed E-state index contributed by atoms with van der Waals surface area (Å²) in [6.45, 7) is 6.81. The Morgan fingerprint density at radius 2 is 1.90 bits per heavy atom. The van der Waals surface area contributed by atoms with Crippen LogP contribution in [0.3, 0.4) is 0 Å². The molecule has 0 amide bonds. The van der Waals surface area contributed by atoms with Gasteiger partial charge in [0.05, 0.1) is 11.2 Å². The van der Waals surface area contributed by atoms with E-state index in [2.05, 4.69) is 4.98 Å². The Hall–Kier alpha value is -1.37. The van der Waals surface area contributed by atoms with Crippen molar-refractivity contribution in [2.24, 2.45) is 7.05 Å². The molecule has 6 heteroatoms. The zero-order valence-electron chi connectivity index (χ0n) is 12.6. The Kier molecular flexibility index (Phi) is 3.66. The zero-order chi connectivity index (χ0) is 15.1. The van der Waals surface area contributed by atoms with Gasteiger partial charge in [-0.3, -0.25) is 0 Å². The maximum atomic E-state index is 10.4. The first-order valence-corrected chi connectivity index (χ1v) is 6.62. The number of hydrogen-bond acceptors (Lipinski definition) is 4. The Morgan fingerprint density at radius 3 is 2.50 bits per heavy atom. The van der Waals surface area contributed by atoms with Crippen LogP contribution in [0.4, 0.5) is 0 Å². The molecule has 2 aromatic heterocycles. The molecule has 0 radical (unpaired) electrons. The fraction of sp³-hybridized carbons (Fsp3) is 0.500. The number of nitrogens with zero attached hydrogens (tertiary/aromatic N) is 2. The molecule has 0 unspecified atom stereocenters. The van der Waals surface area contributed by atoms with E-state index in [1.165, 1.54) is 0 Å². The predicted octanol–water partition coefficient (Wildman–Crippen LogP) is 0.827. The third-order valence-corrected chi connectivity index (χ3v) is 3.95.